The second-order valence-electron chi connectivity index (χ2n) is 7.18. The van der Waals surface area contributed by atoms with E-state index in [0.29, 0.717) is 5.92 Å². The monoisotopic (exact) mass is 554 g/mol. The molecule has 151 valence electrons. The summed E-state index contributed by atoms with van der Waals surface area (Å²) in [5.74, 6) is 2.49. The van der Waals surface area contributed by atoms with Crippen LogP contribution in [0.4, 0.5) is 0 Å². The van der Waals surface area contributed by atoms with Crippen LogP contribution < -0.4 is 4.74 Å². The average Bonchev–Trinajstić information content (AvgIpc) is 3.14. The molecule has 1 atom stereocenters. The van der Waals surface area contributed by atoms with Crippen molar-refractivity contribution < 1.29 is 24.8 Å². The van der Waals surface area contributed by atoms with Crippen LogP contribution in [0.3, 0.4) is 0 Å². The molecule has 0 saturated heterocycles. The first kappa shape index (κ1) is 22.4. The zero-order valence-electron chi connectivity index (χ0n) is 17.2. The van der Waals surface area contributed by atoms with Crippen molar-refractivity contribution in [1.82, 2.24) is 9.55 Å². The molecular formula is C24H29IrN2O-. The standard InChI is InChI=1S/C24H29N2O.Ir/c1-5-10-20(6-2)17-27-22-15-18(3)23(19(4)16-22)26-14-13-25-24(26)21-11-8-7-9-12-21;/h7-9,11,13-16,20H,5-6,10,17H2,1-4H3;/q-1;. The Bertz CT molecular complexity index is 850. The summed E-state index contributed by atoms with van der Waals surface area (Å²) in [6, 6.07) is 15.5. The minimum absolute atomic E-state index is 0. The molecule has 0 aliphatic rings. The number of hydrogen-bond acceptors (Lipinski definition) is 2. The third kappa shape index (κ3) is 5.12. The van der Waals surface area contributed by atoms with Crippen LogP contribution >= 0.6 is 0 Å². The van der Waals surface area contributed by atoms with Crippen molar-refractivity contribution in [3.63, 3.8) is 0 Å². The maximum Gasteiger partial charge on any atom is 0.119 e. The van der Waals surface area contributed by atoms with Crippen LogP contribution in [-0.2, 0) is 20.1 Å². The van der Waals surface area contributed by atoms with Gasteiger partial charge in [0.25, 0.3) is 0 Å². The Morgan fingerprint density at radius 2 is 1.89 bits per heavy atom. The molecular weight excluding hydrogens is 524 g/mol. The van der Waals surface area contributed by atoms with E-state index in [-0.39, 0.29) is 20.1 Å². The normalized spacial score (nSPS) is 11.7. The molecule has 1 heterocycles. The van der Waals surface area contributed by atoms with Crippen molar-refractivity contribution >= 4 is 0 Å². The fourth-order valence-electron chi connectivity index (χ4n) is 3.62. The smallest absolute Gasteiger partial charge is 0.119 e. The Labute approximate surface area is 182 Å². The number of nitrogens with zero attached hydrogens (tertiary/aromatic N) is 2. The topological polar surface area (TPSA) is 27.1 Å². The predicted octanol–water partition coefficient (Wildman–Crippen LogP) is 6.16. The Kier molecular flexibility index (Phi) is 8.47. The van der Waals surface area contributed by atoms with Gasteiger partial charge in [0.05, 0.1) is 12.4 Å². The molecule has 1 unspecified atom stereocenters. The summed E-state index contributed by atoms with van der Waals surface area (Å²) in [7, 11) is 0. The molecule has 4 heteroatoms. The number of aromatic nitrogens is 2. The summed E-state index contributed by atoms with van der Waals surface area (Å²) in [4.78, 5) is 4.56. The van der Waals surface area contributed by atoms with Gasteiger partial charge >= 0.3 is 0 Å². The minimum Gasteiger partial charge on any atom is -0.493 e. The quantitative estimate of drug-likeness (QED) is 0.313. The average molecular weight is 554 g/mol. The molecule has 0 fully saturated rings. The van der Waals surface area contributed by atoms with Gasteiger partial charge in [-0.3, -0.25) is 4.98 Å². The summed E-state index contributed by atoms with van der Waals surface area (Å²) >= 11 is 0. The summed E-state index contributed by atoms with van der Waals surface area (Å²) in [6.07, 6.45) is 7.45. The van der Waals surface area contributed by atoms with Gasteiger partial charge in [0.15, 0.2) is 0 Å². The van der Waals surface area contributed by atoms with Gasteiger partial charge in [-0.15, -0.1) is 35.9 Å². The zero-order chi connectivity index (χ0) is 19.2. The van der Waals surface area contributed by atoms with E-state index >= 15 is 0 Å². The van der Waals surface area contributed by atoms with Gasteiger partial charge in [0.1, 0.15) is 5.75 Å². The SMILES string of the molecule is CCCC(CC)COc1cc(C)c(-n2ccnc2-c2[c-]cccc2)c(C)c1.[Ir]. The van der Waals surface area contributed by atoms with Crippen LogP contribution in [0, 0.1) is 25.8 Å². The maximum atomic E-state index is 6.13. The van der Waals surface area contributed by atoms with Gasteiger partial charge in [-0.25, -0.2) is 0 Å². The van der Waals surface area contributed by atoms with Crippen molar-refractivity contribution in [2.24, 2.45) is 5.92 Å². The number of rotatable bonds is 8. The van der Waals surface area contributed by atoms with Crippen LogP contribution in [0.2, 0.25) is 0 Å². The minimum atomic E-state index is 0. The van der Waals surface area contributed by atoms with E-state index in [4.69, 9.17) is 4.74 Å². The molecule has 3 nitrogen and oxygen atoms in total. The Morgan fingerprint density at radius 3 is 2.50 bits per heavy atom. The summed E-state index contributed by atoms with van der Waals surface area (Å²) in [5, 5.41) is 0. The number of imidazole rings is 1. The third-order valence-corrected chi connectivity index (χ3v) is 5.06. The molecule has 0 bridgehead atoms. The van der Waals surface area contributed by atoms with E-state index < -0.39 is 0 Å². The van der Waals surface area contributed by atoms with Crippen molar-refractivity contribution in [2.45, 2.75) is 47.0 Å². The fourth-order valence-corrected chi connectivity index (χ4v) is 3.62. The summed E-state index contributed by atoms with van der Waals surface area (Å²) in [6.45, 7) is 9.54. The van der Waals surface area contributed by atoms with Gasteiger partial charge in [0, 0.05) is 38.2 Å². The van der Waals surface area contributed by atoms with Crippen LogP contribution in [0.1, 0.15) is 44.2 Å². The molecule has 1 aromatic heterocycles. The molecule has 0 aliphatic carbocycles. The first-order valence-corrected chi connectivity index (χ1v) is 9.88. The van der Waals surface area contributed by atoms with Crippen LogP contribution in [-0.4, -0.2) is 16.2 Å². The molecule has 1 radical (unpaired) electrons. The fraction of sp³-hybridized carbons (Fsp3) is 0.375. The van der Waals surface area contributed by atoms with Gasteiger partial charge in [0.2, 0.25) is 0 Å². The summed E-state index contributed by atoms with van der Waals surface area (Å²) < 4.78 is 8.27. The third-order valence-electron chi connectivity index (χ3n) is 5.06. The van der Waals surface area contributed by atoms with E-state index in [1.165, 1.54) is 24.0 Å². The van der Waals surface area contributed by atoms with E-state index in [2.05, 4.69) is 55.4 Å². The van der Waals surface area contributed by atoms with Gasteiger partial charge in [-0.2, -0.15) is 0 Å². The van der Waals surface area contributed by atoms with Crippen LogP contribution in [0.5, 0.6) is 5.75 Å². The molecule has 0 amide bonds. The molecule has 0 saturated carbocycles. The zero-order valence-corrected chi connectivity index (χ0v) is 19.6. The van der Waals surface area contributed by atoms with Crippen molar-refractivity contribution in [3.05, 3.63) is 66.0 Å². The van der Waals surface area contributed by atoms with E-state index in [1.54, 1.807) is 0 Å². The Balaban J connectivity index is 0.00000280. The molecule has 3 rings (SSSR count). The molecule has 3 aromatic rings. The largest absolute Gasteiger partial charge is 0.493 e. The first-order chi connectivity index (χ1) is 13.1. The maximum absolute atomic E-state index is 6.13. The van der Waals surface area contributed by atoms with Gasteiger partial charge in [-0.05, 0) is 49.4 Å². The van der Waals surface area contributed by atoms with E-state index in [1.807, 2.05) is 36.7 Å². The van der Waals surface area contributed by atoms with Crippen molar-refractivity contribution in [3.8, 4) is 22.8 Å². The van der Waals surface area contributed by atoms with Crippen LogP contribution in [0.25, 0.3) is 17.1 Å². The second-order valence-corrected chi connectivity index (χ2v) is 7.18. The summed E-state index contributed by atoms with van der Waals surface area (Å²) in [5.41, 5.74) is 4.52. The second kappa shape index (κ2) is 10.6. The number of benzene rings is 2. The number of ether oxygens (including phenoxy) is 1. The van der Waals surface area contributed by atoms with Crippen LogP contribution in [0.15, 0.2) is 48.8 Å². The number of aryl methyl sites for hydroxylation is 2. The molecule has 0 aliphatic heterocycles. The molecule has 0 N–H and O–H groups in total. The predicted molar refractivity (Wildman–Crippen MR) is 111 cm³/mol. The van der Waals surface area contributed by atoms with Crippen molar-refractivity contribution in [2.75, 3.05) is 6.61 Å². The Morgan fingerprint density at radius 1 is 1.14 bits per heavy atom. The van der Waals surface area contributed by atoms with E-state index in [9.17, 15) is 0 Å². The Hall–Kier alpha value is -1.90. The van der Waals surface area contributed by atoms with Crippen molar-refractivity contribution in [1.29, 1.82) is 0 Å². The first-order valence-electron chi connectivity index (χ1n) is 9.88. The molecule has 0 spiro atoms. The van der Waals surface area contributed by atoms with E-state index in [0.717, 1.165) is 35.9 Å². The molecule has 28 heavy (non-hydrogen) atoms. The van der Waals surface area contributed by atoms with Gasteiger partial charge in [-0.1, -0.05) is 26.7 Å². The van der Waals surface area contributed by atoms with Gasteiger partial charge < -0.3 is 9.30 Å². The molecule has 2 aromatic carbocycles. The number of hydrogen-bond donors (Lipinski definition) is 0.